The summed E-state index contributed by atoms with van der Waals surface area (Å²) in [6.07, 6.45) is 1.86. The molecule has 0 spiro atoms. The number of nitrogens with zero attached hydrogens (tertiary/aromatic N) is 3. The van der Waals surface area contributed by atoms with Crippen molar-refractivity contribution in [1.82, 2.24) is 4.90 Å². The van der Waals surface area contributed by atoms with Crippen LogP contribution < -0.4 is 4.74 Å². The number of thioether (sulfide) groups is 1. The van der Waals surface area contributed by atoms with Gasteiger partial charge in [0.2, 0.25) is 0 Å². The monoisotopic (exact) mass is 469 g/mol. The summed E-state index contributed by atoms with van der Waals surface area (Å²) < 4.78 is 11.0. The molecule has 0 N–H and O–H groups in total. The van der Waals surface area contributed by atoms with Gasteiger partial charge in [-0.2, -0.15) is 5.26 Å². The Bertz CT molecular complexity index is 1250. The van der Waals surface area contributed by atoms with Crippen molar-refractivity contribution in [3.8, 4) is 11.8 Å². The van der Waals surface area contributed by atoms with Crippen LogP contribution in [-0.4, -0.2) is 36.2 Å². The van der Waals surface area contributed by atoms with Gasteiger partial charge in [-0.15, -0.1) is 0 Å². The molecule has 34 heavy (non-hydrogen) atoms. The normalized spacial score (nSPS) is 15.6. The Labute approximate surface area is 203 Å². The molecular formula is C27H23N3O3S. The Morgan fingerprint density at radius 1 is 1.03 bits per heavy atom. The third-order valence-electron chi connectivity index (χ3n) is 5.10. The van der Waals surface area contributed by atoms with Crippen LogP contribution in [0.4, 0.5) is 5.69 Å². The van der Waals surface area contributed by atoms with E-state index in [4.69, 9.17) is 9.47 Å². The van der Waals surface area contributed by atoms with E-state index in [1.807, 2.05) is 78.9 Å². The van der Waals surface area contributed by atoms with Crippen molar-refractivity contribution >= 4 is 34.6 Å². The standard InChI is InChI=1S/C27H23N3O3S/c1-32-16-15-30-26(31)25(34-27(30)29-23-9-3-2-4-10-23)17-20-11-13-24(14-12-20)33-19-22-8-6-5-7-21(22)18-28/h2-14,17H,15-16,19H2,1H3/b25-17-,29-27?. The number of amidine groups is 1. The summed E-state index contributed by atoms with van der Waals surface area (Å²) in [5, 5.41) is 9.85. The molecule has 1 heterocycles. The van der Waals surface area contributed by atoms with Gasteiger partial charge in [0.1, 0.15) is 12.4 Å². The summed E-state index contributed by atoms with van der Waals surface area (Å²) in [4.78, 5) is 20.0. The highest BCUT2D eigenvalue weighted by Gasteiger charge is 2.33. The lowest BCUT2D eigenvalue weighted by Crippen LogP contribution is -2.32. The third-order valence-corrected chi connectivity index (χ3v) is 6.10. The van der Waals surface area contributed by atoms with Crippen molar-refractivity contribution in [2.75, 3.05) is 20.3 Å². The zero-order valence-electron chi connectivity index (χ0n) is 18.7. The molecule has 6 nitrogen and oxygen atoms in total. The largest absolute Gasteiger partial charge is 0.489 e. The van der Waals surface area contributed by atoms with Crippen LogP contribution in [0, 0.1) is 11.3 Å². The van der Waals surface area contributed by atoms with Gasteiger partial charge < -0.3 is 9.47 Å². The molecule has 1 saturated heterocycles. The summed E-state index contributed by atoms with van der Waals surface area (Å²) >= 11 is 1.35. The van der Waals surface area contributed by atoms with E-state index in [2.05, 4.69) is 11.1 Å². The summed E-state index contributed by atoms with van der Waals surface area (Å²) in [6, 6.07) is 26.6. The second kappa shape index (κ2) is 11.3. The van der Waals surface area contributed by atoms with Crippen molar-refractivity contribution in [3.05, 3.63) is 100 Å². The van der Waals surface area contributed by atoms with E-state index < -0.39 is 0 Å². The fourth-order valence-electron chi connectivity index (χ4n) is 3.31. The molecule has 0 atom stereocenters. The van der Waals surface area contributed by atoms with Crippen molar-refractivity contribution in [3.63, 3.8) is 0 Å². The second-order valence-corrected chi connectivity index (χ2v) is 8.43. The fraction of sp³-hybridized carbons (Fsp3) is 0.148. The van der Waals surface area contributed by atoms with Gasteiger partial charge in [-0.1, -0.05) is 48.5 Å². The summed E-state index contributed by atoms with van der Waals surface area (Å²) in [6.45, 7) is 1.17. The van der Waals surface area contributed by atoms with E-state index in [9.17, 15) is 10.1 Å². The van der Waals surface area contributed by atoms with Crippen LogP contribution in [0.15, 0.2) is 88.8 Å². The van der Waals surface area contributed by atoms with Gasteiger partial charge in [0.25, 0.3) is 5.91 Å². The highest BCUT2D eigenvalue weighted by Crippen LogP contribution is 2.34. The molecule has 1 aliphatic rings. The fourth-order valence-corrected chi connectivity index (χ4v) is 4.34. The number of aliphatic imine (C=N–C) groups is 1. The summed E-state index contributed by atoms with van der Waals surface area (Å²) in [5.74, 6) is 0.596. The third kappa shape index (κ3) is 5.73. The number of hydrogen-bond donors (Lipinski definition) is 0. The van der Waals surface area contributed by atoms with Gasteiger partial charge in [0.05, 0.1) is 35.4 Å². The van der Waals surface area contributed by atoms with Gasteiger partial charge >= 0.3 is 0 Å². The van der Waals surface area contributed by atoms with E-state index in [1.165, 1.54) is 11.8 Å². The number of ether oxygens (including phenoxy) is 2. The van der Waals surface area contributed by atoms with Crippen LogP contribution in [0.2, 0.25) is 0 Å². The molecule has 0 aromatic heterocycles. The number of carbonyl (C=O) groups is 1. The van der Waals surface area contributed by atoms with Gasteiger partial charge in [-0.25, -0.2) is 4.99 Å². The lowest BCUT2D eigenvalue weighted by Gasteiger charge is -2.14. The van der Waals surface area contributed by atoms with Crippen LogP contribution in [0.5, 0.6) is 5.75 Å². The van der Waals surface area contributed by atoms with Gasteiger partial charge in [0.15, 0.2) is 5.17 Å². The van der Waals surface area contributed by atoms with Crippen LogP contribution >= 0.6 is 11.8 Å². The predicted molar refractivity (Wildman–Crippen MR) is 135 cm³/mol. The van der Waals surface area contributed by atoms with E-state index in [0.29, 0.717) is 41.1 Å². The molecule has 1 aliphatic heterocycles. The lowest BCUT2D eigenvalue weighted by atomic mass is 10.1. The summed E-state index contributed by atoms with van der Waals surface area (Å²) in [5.41, 5.74) is 3.12. The Morgan fingerprint density at radius 3 is 2.50 bits per heavy atom. The Morgan fingerprint density at radius 2 is 1.76 bits per heavy atom. The number of para-hydroxylation sites is 1. The molecule has 1 fully saturated rings. The molecule has 3 aromatic rings. The average molecular weight is 470 g/mol. The minimum Gasteiger partial charge on any atom is -0.489 e. The predicted octanol–water partition coefficient (Wildman–Crippen LogP) is 5.39. The van der Waals surface area contributed by atoms with Crippen LogP contribution in [0.25, 0.3) is 6.08 Å². The number of hydrogen-bond acceptors (Lipinski definition) is 6. The molecular weight excluding hydrogens is 446 g/mol. The number of rotatable bonds is 8. The molecule has 7 heteroatoms. The Balaban J connectivity index is 1.48. The van der Waals surface area contributed by atoms with Crippen LogP contribution in [0.3, 0.4) is 0 Å². The molecule has 4 rings (SSSR count). The van der Waals surface area contributed by atoms with Crippen molar-refractivity contribution < 1.29 is 14.3 Å². The Kier molecular flexibility index (Phi) is 7.76. The van der Waals surface area contributed by atoms with E-state index in [0.717, 1.165) is 16.8 Å². The molecule has 0 radical (unpaired) electrons. The number of carbonyl (C=O) groups excluding carboxylic acids is 1. The highest BCUT2D eigenvalue weighted by atomic mass is 32.2. The number of amides is 1. The second-order valence-electron chi connectivity index (χ2n) is 7.42. The zero-order valence-corrected chi connectivity index (χ0v) is 19.5. The van der Waals surface area contributed by atoms with Crippen molar-refractivity contribution in [2.45, 2.75) is 6.61 Å². The lowest BCUT2D eigenvalue weighted by molar-refractivity contribution is -0.122. The van der Waals surface area contributed by atoms with Gasteiger partial charge in [-0.3, -0.25) is 9.69 Å². The molecule has 170 valence electrons. The first kappa shape index (κ1) is 23.3. The molecule has 0 unspecified atom stereocenters. The molecule has 1 amide bonds. The first-order chi connectivity index (χ1) is 16.7. The van der Waals surface area contributed by atoms with Crippen LogP contribution in [-0.2, 0) is 16.1 Å². The number of methoxy groups -OCH3 is 1. The quantitative estimate of drug-likeness (QED) is 0.414. The highest BCUT2D eigenvalue weighted by molar-refractivity contribution is 8.18. The first-order valence-electron chi connectivity index (χ1n) is 10.7. The average Bonchev–Trinajstić information content (AvgIpc) is 3.16. The topological polar surface area (TPSA) is 74.9 Å². The molecule has 0 aliphatic carbocycles. The van der Waals surface area contributed by atoms with E-state index in [-0.39, 0.29) is 5.91 Å². The summed E-state index contributed by atoms with van der Waals surface area (Å²) in [7, 11) is 1.61. The van der Waals surface area contributed by atoms with Crippen LogP contribution in [0.1, 0.15) is 16.7 Å². The van der Waals surface area contributed by atoms with Crippen molar-refractivity contribution in [2.24, 2.45) is 4.99 Å². The minimum atomic E-state index is -0.0924. The zero-order chi connectivity index (χ0) is 23.8. The number of nitriles is 1. The first-order valence-corrected chi connectivity index (χ1v) is 11.5. The maximum atomic E-state index is 13.1. The van der Waals surface area contributed by atoms with Gasteiger partial charge in [0, 0.05) is 12.7 Å². The molecule has 0 saturated carbocycles. The minimum absolute atomic E-state index is 0.0924. The van der Waals surface area contributed by atoms with Crippen molar-refractivity contribution in [1.29, 1.82) is 5.26 Å². The maximum absolute atomic E-state index is 13.1. The van der Waals surface area contributed by atoms with E-state index in [1.54, 1.807) is 18.1 Å². The van der Waals surface area contributed by atoms with Gasteiger partial charge in [-0.05, 0) is 53.7 Å². The molecule has 3 aromatic carbocycles. The Hall–Kier alpha value is -3.86. The smallest absolute Gasteiger partial charge is 0.266 e. The van der Waals surface area contributed by atoms with E-state index >= 15 is 0 Å². The number of benzene rings is 3. The maximum Gasteiger partial charge on any atom is 0.266 e. The molecule has 0 bridgehead atoms. The SMILES string of the molecule is COCCN1C(=O)/C(=C/c2ccc(OCc3ccccc3C#N)cc2)SC1=Nc1ccccc1.